The van der Waals surface area contributed by atoms with Crippen LogP contribution in [0.15, 0.2) is 11.6 Å². The van der Waals surface area contributed by atoms with Gasteiger partial charge in [-0.1, -0.05) is 5.57 Å². The van der Waals surface area contributed by atoms with Crippen LogP contribution in [0.25, 0.3) is 0 Å². The molecule has 0 bridgehead atoms. The smallest absolute Gasteiger partial charge is 0.325 e. The van der Waals surface area contributed by atoms with Gasteiger partial charge < -0.3 is 10.1 Å². The van der Waals surface area contributed by atoms with Gasteiger partial charge in [-0.15, -0.1) is 0 Å². The lowest BCUT2D eigenvalue weighted by Gasteiger charge is -2.01. The topological polar surface area (TPSA) is 55.4 Å². The van der Waals surface area contributed by atoms with Crippen LogP contribution in [0.1, 0.15) is 20.8 Å². The first kappa shape index (κ1) is 11.7. The van der Waals surface area contributed by atoms with E-state index in [0.29, 0.717) is 6.61 Å². The minimum absolute atomic E-state index is 0.0730. The second kappa shape index (κ2) is 6.22. The van der Waals surface area contributed by atoms with Crippen LogP contribution in [-0.2, 0) is 14.3 Å². The van der Waals surface area contributed by atoms with Gasteiger partial charge in [0.2, 0.25) is 5.91 Å². The quantitative estimate of drug-likeness (QED) is 0.516. The molecule has 0 aromatic rings. The Morgan fingerprint density at radius 1 is 1.38 bits per heavy atom. The van der Waals surface area contributed by atoms with E-state index in [2.05, 4.69) is 10.1 Å². The Kier molecular flexibility index (Phi) is 5.59. The summed E-state index contributed by atoms with van der Waals surface area (Å²) in [5.41, 5.74) is 0.890. The zero-order valence-corrected chi connectivity index (χ0v) is 8.22. The summed E-state index contributed by atoms with van der Waals surface area (Å²) in [6, 6.07) is 0. The molecule has 0 saturated carbocycles. The van der Waals surface area contributed by atoms with Crippen molar-refractivity contribution >= 4 is 11.9 Å². The second-order valence-electron chi connectivity index (χ2n) is 2.74. The van der Waals surface area contributed by atoms with Crippen LogP contribution < -0.4 is 5.32 Å². The van der Waals surface area contributed by atoms with Crippen LogP contribution in [0.4, 0.5) is 0 Å². The van der Waals surface area contributed by atoms with E-state index in [1.165, 1.54) is 6.08 Å². The predicted molar refractivity (Wildman–Crippen MR) is 49.1 cm³/mol. The van der Waals surface area contributed by atoms with Gasteiger partial charge in [0, 0.05) is 6.08 Å². The highest BCUT2D eigenvalue weighted by atomic mass is 16.5. The van der Waals surface area contributed by atoms with Gasteiger partial charge in [-0.3, -0.25) is 9.59 Å². The highest BCUT2D eigenvalue weighted by molar-refractivity contribution is 5.90. The van der Waals surface area contributed by atoms with Crippen LogP contribution in [0.3, 0.4) is 0 Å². The maximum atomic E-state index is 11.0. The Labute approximate surface area is 78.0 Å². The number of carbonyl (C=O) groups excluding carboxylic acids is 2. The maximum absolute atomic E-state index is 11.0. The average Bonchev–Trinajstić information content (AvgIpc) is 2.00. The summed E-state index contributed by atoms with van der Waals surface area (Å²) < 4.78 is 4.62. The third-order valence-corrected chi connectivity index (χ3v) is 1.13. The summed E-state index contributed by atoms with van der Waals surface area (Å²) >= 11 is 0. The van der Waals surface area contributed by atoms with Gasteiger partial charge in [0.05, 0.1) is 6.61 Å². The van der Waals surface area contributed by atoms with Crippen LogP contribution in [0.5, 0.6) is 0 Å². The molecule has 0 fully saturated rings. The summed E-state index contributed by atoms with van der Waals surface area (Å²) in [6.45, 7) is 5.59. The van der Waals surface area contributed by atoms with Crippen molar-refractivity contribution in [2.75, 3.05) is 13.2 Å². The van der Waals surface area contributed by atoms with Crippen LogP contribution >= 0.6 is 0 Å². The van der Waals surface area contributed by atoms with E-state index in [1.807, 2.05) is 13.8 Å². The van der Waals surface area contributed by atoms with E-state index >= 15 is 0 Å². The minimum Gasteiger partial charge on any atom is -0.465 e. The van der Waals surface area contributed by atoms with E-state index < -0.39 is 5.97 Å². The average molecular weight is 185 g/mol. The van der Waals surface area contributed by atoms with Crippen molar-refractivity contribution in [1.29, 1.82) is 0 Å². The molecular formula is C9H15NO3. The molecule has 0 saturated heterocycles. The normalized spacial score (nSPS) is 8.85. The van der Waals surface area contributed by atoms with Crippen LogP contribution in [-0.4, -0.2) is 25.0 Å². The summed E-state index contributed by atoms with van der Waals surface area (Å²) in [6.07, 6.45) is 1.43. The van der Waals surface area contributed by atoms with Crippen molar-refractivity contribution < 1.29 is 14.3 Å². The number of hydrogen-bond acceptors (Lipinski definition) is 3. The Morgan fingerprint density at radius 2 is 2.00 bits per heavy atom. The highest BCUT2D eigenvalue weighted by Crippen LogP contribution is 1.86. The van der Waals surface area contributed by atoms with Crippen molar-refractivity contribution in [3.63, 3.8) is 0 Å². The number of hydrogen-bond donors (Lipinski definition) is 1. The molecular weight excluding hydrogens is 170 g/mol. The van der Waals surface area contributed by atoms with Gasteiger partial charge in [-0.2, -0.15) is 0 Å². The monoisotopic (exact) mass is 185 g/mol. The van der Waals surface area contributed by atoms with E-state index in [9.17, 15) is 9.59 Å². The number of ether oxygens (including phenoxy) is 1. The highest BCUT2D eigenvalue weighted by Gasteiger charge is 2.02. The third kappa shape index (κ3) is 7.05. The zero-order valence-electron chi connectivity index (χ0n) is 8.22. The van der Waals surface area contributed by atoms with Crippen molar-refractivity contribution in [2.45, 2.75) is 20.8 Å². The first-order valence-corrected chi connectivity index (χ1v) is 4.14. The van der Waals surface area contributed by atoms with Gasteiger partial charge >= 0.3 is 5.97 Å². The second-order valence-corrected chi connectivity index (χ2v) is 2.74. The molecule has 0 unspecified atom stereocenters. The lowest BCUT2D eigenvalue weighted by atomic mass is 10.3. The van der Waals surface area contributed by atoms with Crippen molar-refractivity contribution in [2.24, 2.45) is 0 Å². The molecule has 4 nitrogen and oxygen atoms in total. The molecule has 0 aliphatic carbocycles. The van der Waals surface area contributed by atoms with Crippen LogP contribution in [0, 0.1) is 0 Å². The standard InChI is InChI=1S/C9H15NO3/c1-4-13-9(12)6-10-8(11)5-7(2)3/h5H,4,6H2,1-3H3,(H,10,11). The van der Waals surface area contributed by atoms with E-state index in [1.54, 1.807) is 6.92 Å². The lowest BCUT2D eigenvalue weighted by molar-refractivity contribution is -0.143. The van der Waals surface area contributed by atoms with Gasteiger partial charge in [-0.05, 0) is 20.8 Å². The molecule has 1 amide bonds. The molecule has 13 heavy (non-hydrogen) atoms. The predicted octanol–water partition coefficient (Wildman–Crippen LogP) is 0.632. The number of allylic oxidation sites excluding steroid dienone is 1. The third-order valence-electron chi connectivity index (χ3n) is 1.13. The van der Waals surface area contributed by atoms with Gasteiger partial charge in [0.15, 0.2) is 0 Å². The SMILES string of the molecule is CCOC(=O)CNC(=O)C=C(C)C. The maximum Gasteiger partial charge on any atom is 0.325 e. The first-order chi connectivity index (χ1) is 6.06. The summed E-state index contributed by atoms with van der Waals surface area (Å²) in [5.74, 6) is -0.689. The first-order valence-electron chi connectivity index (χ1n) is 4.14. The molecule has 0 aromatic heterocycles. The molecule has 74 valence electrons. The fourth-order valence-electron chi connectivity index (χ4n) is 0.685. The summed E-state index contributed by atoms with van der Waals surface area (Å²) in [5, 5.41) is 2.41. The molecule has 0 aromatic carbocycles. The van der Waals surface area contributed by atoms with Crippen LogP contribution in [0.2, 0.25) is 0 Å². The van der Waals surface area contributed by atoms with E-state index in [-0.39, 0.29) is 12.5 Å². The Hall–Kier alpha value is -1.32. The Balaban J connectivity index is 3.71. The Bertz CT molecular complexity index is 217. The molecule has 0 spiro atoms. The molecule has 0 heterocycles. The molecule has 0 atom stereocenters. The fourth-order valence-corrected chi connectivity index (χ4v) is 0.685. The van der Waals surface area contributed by atoms with Gasteiger partial charge in [-0.25, -0.2) is 0 Å². The summed E-state index contributed by atoms with van der Waals surface area (Å²) in [4.78, 5) is 21.7. The number of rotatable bonds is 4. The zero-order chi connectivity index (χ0) is 10.3. The number of carbonyl (C=O) groups is 2. The van der Waals surface area contributed by atoms with Crippen molar-refractivity contribution in [1.82, 2.24) is 5.32 Å². The molecule has 4 heteroatoms. The lowest BCUT2D eigenvalue weighted by Crippen LogP contribution is -2.29. The van der Waals surface area contributed by atoms with Gasteiger partial charge in [0.25, 0.3) is 0 Å². The summed E-state index contributed by atoms with van der Waals surface area (Å²) in [7, 11) is 0. The number of nitrogens with one attached hydrogen (secondary N) is 1. The van der Waals surface area contributed by atoms with E-state index in [0.717, 1.165) is 5.57 Å². The number of esters is 1. The molecule has 1 N–H and O–H groups in total. The molecule has 0 radical (unpaired) electrons. The Morgan fingerprint density at radius 3 is 2.46 bits per heavy atom. The van der Waals surface area contributed by atoms with Crippen molar-refractivity contribution in [3.05, 3.63) is 11.6 Å². The minimum atomic E-state index is -0.419. The largest absolute Gasteiger partial charge is 0.465 e. The van der Waals surface area contributed by atoms with Gasteiger partial charge in [0.1, 0.15) is 6.54 Å². The molecule has 0 aliphatic heterocycles. The number of amides is 1. The molecule has 0 rings (SSSR count). The van der Waals surface area contributed by atoms with E-state index in [4.69, 9.17) is 0 Å². The fraction of sp³-hybridized carbons (Fsp3) is 0.556. The molecule has 0 aliphatic rings. The van der Waals surface area contributed by atoms with Crippen molar-refractivity contribution in [3.8, 4) is 0 Å².